The summed E-state index contributed by atoms with van der Waals surface area (Å²) in [6.45, 7) is 3.95. The van der Waals surface area contributed by atoms with Gasteiger partial charge in [0.25, 0.3) is 0 Å². The van der Waals surface area contributed by atoms with Crippen LogP contribution in [-0.2, 0) is 9.53 Å². The van der Waals surface area contributed by atoms with Crippen LogP contribution in [0.3, 0.4) is 0 Å². The van der Waals surface area contributed by atoms with Gasteiger partial charge in [0, 0.05) is 17.6 Å². The SMILES string of the molecule is CCOC(=O)c1ccc(NC(=O)CSc2nccc(C)n2)cc1. The molecule has 0 aliphatic heterocycles. The molecule has 1 aromatic carbocycles. The number of carbonyl (C=O) groups is 2. The number of anilines is 1. The van der Waals surface area contributed by atoms with E-state index in [1.165, 1.54) is 11.8 Å². The second kappa shape index (κ2) is 8.28. The minimum Gasteiger partial charge on any atom is -0.462 e. The Morgan fingerprint density at radius 3 is 2.61 bits per heavy atom. The van der Waals surface area contributed by atoms with Gasteiger partial charge in [-0.15, -0.1) is 0 Å². The zero-order valence-corrected chi connectivity index (χ0v) is 13.7. The number of aromatic nitrogens is 2. The molecule has 0 saturated heterocycles. The molecule has 120 valence electrons. The van der Waals surface area contributed by atoms with E-state index in [-0.39, 0.29) is 17.6 Å². The second-order valence-corrected chi connectivity index (χ2v) is 5.56. The minimum atomic E-state index is -0.377. The summed E-state index contributed by atoms with van der Waals surface area (Å²) in [6.07, 6.45) is 1.66. The molecule has 0 bridgehead atoms. The number of thioether (sulfide) groups is 1. The lowest BCUT2D eigenvalue weighted by Crippen LogP contribution is -2.14. The van der Waals surface area contributed by atoms with Crippen LogP contribution in [0.4, 0.5) is 5.69 Å². The van der Waals surface area contributed by atoms with Crippen molar-refractivity contribution in [3.8, 4) is 0 Å². The van der Waals surface area contributed by atoms with Crippen molar-refractivity contribution < 1.29 is 14.3 Å². The Hall–Kier alpha value is -2.41. The molecule has 1 amide bonds. The van der Waals surface area contributed by atoms with Gasteiger partial charge in [0.2, 0.25) is 5.91 Å². The molecule has 1 heterocycles. The van der Waals surface area contributed by atoms with E-state index < -0.39 is 0 Å². The second-order valence-electron chi connectivity index (χ2n) is 4.62. The van der Waals surface area contributed by atoms with Crippen LogP contribution in [0.2, 0.25) is 0 Å². The average Bonchev–Trinajstić information content (AvgIpc) is 2.54. The van der Waals surface area contributed by atoms with Crippen molar-refractivity contribution >= 4 is 29.3 Å². The Kier molecular flexibility index (Phi) is 6.10. The summed E-state index contributed by atoms with van der Waals surface area (Å²) >= 11 is 1.27. The van der Waals surface area contributed by atoms with Crippen LogP contribution in [0, 0.1) is 6.92 Å². The molecule has 0 saturated carbocycles. The van der Waals surface area contributed by atoms with Crippen LogP contribution >= 0.6 is 11.8 Å². The molecular formula is C16H17N3O3S. The highest BCUT2D eigenvalue weighted by molar-refractivity contribution is 7.99. The molecule has 0 unspecified atom stereocenters. The third kappa shape index (κ3) is 5.37. The van der Waals surface area contributed by atoms with Crippen LogP contribution in [0.25, 0.3) is 0 Å². The monoisotopic (exact) mass is 331 g/mol. The van der Waals surface area contributed by atoms with Gasteiger partial charge >= 0.3 is 5.97 Å². The van der Waals surface area contributed by atoms with E-state index in [1.807, 2.05) is 6.92 Å². The molecule has 1 aromatic heterocycles. The van der Waals surface area contributed by atoms with Gasteiger partial charge in [0.05, 0.1) is 17.9 Å². The number of nitrogens with zero attached hydrogens (tertiary/aromatic N) is 2. The third-order valence-electron chi connectivity index (χ3n) is 2.78. The van der Waals surface area contributed by atoms with E-state index in [0.717, 1.165) is 5.69 Å². The van der Waals surface area contributed by atoms with E-state index in [4.69, 9.17) is 4.74 Å². The molecular weight excluding hydrogens is 314 g/mol. The highest BCUT2D eigenvalue weighted by atomic mass is 32.2. The maximum Gasteiger partial charge on any atom is 0.338 e. The maximum atomic E-state index is 11.9. The minimum absolute atomic E-state index is 0.163. The van der Waals surface area contributed by atoms with Gasteiger partial charge in [-0.05, 0) is 44.2 Å². The Balaban J connectivity index is 1.86. The number of hydrogen-bond donors (Lipinski definition) is 1. The summed E-state index contributed by atoms with van der Waals surface area (Å²) in [6, 6.07) is 8.36. The van der Waals surface area contributed by atoms with E-state index in [0.29, 0.717) is 23.0 Å². The zero-order valence-electron chi connectivity index (χ0n) is 12.9. The molecule has 0 radical (unpaired) electrons. The van der Waals surface area contributed by atoms with Gasteiger partial charge in [-0.3, -0.25) is 4.79 Å². The number of amides is 1. The van der Waals surface area contributed by atoms with Crippen LogP contribution in [0.1, 0.15) is 23.0 Å². The molecule has 23 heavy (non-hydrogen) atoms. The molecule has 0 aliphatic rings. The highest BCUT2D eigenvalue weighted by Gasteiger charge is 2.08. The summed E-state index contributed by atoms with van der Waals surface area (Å²) in [5, 5.41) is 3.32. The van der Waals surface area contributed by atoms with Gasteiger partial charge < -0.3 is 10.1 Å². The first-order chi connectivity index (χ1) is 11.1. The molecule has 0 fully saturated rings. The van der Waals surface area contributed by atoms with Crippen molar-refractivity contribution in [1.29, 1.82) is 0 Å². The first kappa shape index (κ1) is 17.0. The fourth-order valence-electron chi connectivity index (χ4n) is 1.73. The topological polar surface area (TPSA) is 81.2 Å². The number of esters is 1. The number of benzene rings is 1. The normalized spacial score (nSPS) is 10.2. The summed E-state index contributed by atoms with van der Waals surface area (Å²) in [4.78, 5) is 31.8. The van der Waals surface area contributed by atoms with E-state index in [2.05, 4.69) is 15.3 Å². The lowest BCUT2D eigenvalue weighted by molar-refractivity contribution is -0.113. The van der Waals surface area contributed by atoms with Crippen molar-refractivity contribution in [2.24, 2.45) is 0 Å². The number of carbonyl (C=O) groups excluding carboxylic acids is 2. The Morgan fingerprint density at radius 2 is 1.96 bits per heavy atom. The summed E-state index contributed by atoms with van der Waals surface area (Å²) < 4.78 is 4.90. The molecule has 0 atom stereocenters. The fraction of sp³-hybridized carbons (Fsp3) is 0.250. The van der Waals surface area contributed by atoms with Crippen LogP contribution in [-0.4, -0.2) is 34.2 Å². The molecule has 0 aliphatic carbocycles. The number of nitrogens with one attached hydrogen (secondary N) is 1. The van der Waals surface area contributed by atoms with Gasteiger partial charge in [0.15, 0.2) is 5.16 Å². The first-order valence-electron chi connectivity index (χ1n) is 7.08. The standard InChI is InChI=1S/C16H17N3O3S/c1-3-22-15(21)12-4-6-13(7-5-12)19-14(20)10-23-16-17-9-8-11(2)18-16/h4-9H,3,10H2,1-2H3,(H,19,20). The largest absolute Gasteiger partial charge is 0.462 e. The van der Waals surface area contributed by atoms with Crippen molar-refractivity contribution in [3.05, 3.63) is 47.8 Å². The van der Waals surface area contributed by atoms with Crippen LogP contribution < -0.4 is 5.32 Å². The van der Waals surface area contributed by atoms with Gasteiger partial charge in [0.1, 0.15) is 0 Å². The molecule has 0 spiro atoms. The van der Waals surface area contributed by atoms with Crippen molar-refractivity contribution in [3.63, 3.8) is 0 Å². The van der Waals surface area contributed by atoms with E-state index in [9.17, 15) is 9.59 Å². The summed E-state index contributed by atoms with van der Waals surface area (Å²) in [5.41, 5.74) is 1.93. The zero-order chi connectivity index (χ0) is 16.7. The molecule has 2 aromatic rings. The molecule has 1 N–H and O–H groups in total. The fourth-order valence-corrected chi connectivity index (χ4v) is 2.40. The summed E-state index contributed by atoms with van der Waals surface area (Å²) in [7, 11) is 0. The van der Waals surface area contributed by atoms with Gasteiger partial charge in [-0.1, -0.05) is 11.8 Å². The van der Waals surface area contributed by atoms with Crippen molar-refractivity contribution in [2.75, 3.05) is 17.7 Å². The summed E-state index contributed by atoms with van der Waals surface area (Å²) in [5.74, 6) is -0.329. The number of hydrogen-bond acceptors (Lipinski definition) is 6. The Bertz CT molecular complexity index is 689. The molecule has 6 nitrogen and oxygen atoms in total. The van der Waals surface area contributed by atoms with Gasteiger partial charge in [-0.2, -0.15) is 0 Å². The Labute approximate surface area is 138 Å². The maximum absolute atomic E-state index is 11.9. The predicted molar refractivity (Wildman–Crippen MR) is 88.5 cm³/mol. The predicted octanol–water partition coefficient (Wildman–Crippen LogP) is 2.69. The lowest BCUT2D eigenvalue weighted by atomic mass is 10.2. The molecule has 2 rings (SSSR count). The number of aryl methyl sites for hydroxylation is 1. The average molecular weight is 331 g/mol. The quantitative estimate of drug-likeness (QED) is 0.498. The van der Waals surface area contributed by atoms with Crippen LogP contribution in [0.5, 0.6) is 0 Å². The highest BCUT2D eigenvalue weighted by Crippen LogP contribution is 2.14. The third-order valence-corrected chi connectivity index (χ3v) is 3.65. The van der Waals surface area contributed by atoms with Crippen LogP contribution in [0.15, 0.2) is 41.7 Å². The number of rotatable bonds is 6. The van der Waals surface area contributed by atoms with Crippen molar-refractivity contribution in [2.45, 2.75) is 19.0 Å². The Morgan fingerprint density at radius 1 is 1.22 bits per heavy atom. The van der Waals surface area contributed by atoms with E-state index in [1.54, 1.807) is 43.5 Å². The van der Waals surface area contributed by atoms with Gasteiger partial charge in [-0.25, -0.2) is 14.8 Å². The lowest BCUT2D eigenvalue weighted by Gasteiger charge is -2.06. The number of ether oxygens (including phenoxy) is 1. The van der Waals surface area contributed by atoms with E-state index >= 15 is 0 Å². The first-order valence-corrected chi connectivity index (χ1v) is 8.06. The molecule has 7 heteroatoms. The van der Waals surface area contributed by atoms with Crippen molar-refractivity contribution in [1.82, 2.24) is 9.97 Å². The smallest absolute Gasteiger partial charge is 0.338 e.